The third-order valence-electron chi connectivity index (χ3n) is 7.03. The maximum atomic E-state index is 10.9. The van der Waals surface area contributed by atoms with Gasteiger partial charge in [0.15, 0.2) is 12.4 Å². The van der Waals surface area contributed by atoms with Crippen molar-refractivity contribution in [3.8, 4) is 0 Å². The molecule has 0 aliphatic heterocycles. The van der Waals surface area contributed by atoms with E-state index in [2.05, 4.69) is 67.3 Å². The fourth-order valence-electron chi connectivity index (χ4n) is 4.88. The molecule has 0 spiro atoms. The second-order valence-corrected chi connectivity index (χ2v) is 11.7. The monoisotopic (exact) mass is 537 g/mol. The molecule has 3 rings (SSSR count). The molecule has 0 saturated carbocycles. The highest BCUT2D eigenvalue weighted by atomic mass is 32.2. The highest BCUT2D eigenvalue weighted by molar-refractivity contribution is 7.85. The van der Waals surface area contributed by atoms with Crippen LogP contribution in [-0.2, 0) is 16.7 Å². The van der Waals surface area contributed by atoms with Gasteiger partial charge >= 0.3 is 0 Å². The molecule has 1 heterocycles. The maximum absolute atomic E-state index is 10.9. The van der Waals surface area contributed by atoms with Gasteiger partial charge < -0.3 is 4.90 Å². The van der Waals surface area contributed by atoms with Crippen molar-refractivity contribution in [2.24, 2.45) is 0 Å². The summed E-state index contributed by atoms with van der Waals surface area (Å²) in [5.41, 5.74) is 3.63. The van der Waals surface area contributed by atoms with Crippen molar-refractivity contribution in [3.63, 3.8) is 0 Å². The summed E-state index contributed by atoms with van der Waals surface area (Å²) in [5, 5.41) is 2.58. The van der Waals surface area contributed by atoms with Gasteiger partial charge in [-0.05, 0) is 35.4 Å². The molecule has 0 aliphatic rings. The second kappa shape index (κ2) is 15.6. The van der Waals surface area contributed by atoms with Crippen molar-refractivity contribution in [2.45, 2.75) is 78.2 Å². The van der Waals surface area contributed by atoms with Gasteiger partial charge in [0.2, 0.25) is 0 Å². The highest BCUT2D eigenvalue weighted by Gasteiger charge is 2.12. The van der Waals surface area contributed by atoms with Gasteiger partial charge in [-0.3, -0.25) is 4.55 Å². The fourth-order valence-corrected chi connectivity index (χ4v) is 5.38. The van der Waals surface area contributed by atoms with E-state index in [0.717, 1.165) is 18.7 Å². The number of aryl methyl sites for hydroxylation is 1. The quantitative estimate of drug-likeness (QED) is 0.110. The predicted octanol–water partition coefficient (Wildman–Crippen LogP) is 7.54. The molecule has 1 N–H and O–H groups in total. The van der Waals surface area contributed by atoms with E-state index in [9.17, 15) is 8.42 Å². The van der Waals surface area contributed by atoms with Crippen LogP contribution in [0.2, 0.25) is 0 Å². The van der Waals surface area contributed by atoms with E-state index in [1.807, 2.05) is 29.1 Å². The van der Waals surface area contributed by atoms with E-state index in [4.69, 9.17) is 4.55 Å². The third-order valence-corrected chi connectivity index (χ3v) is 7.83. The standard InChI is InChI=1S/C32H44N2O3S/c1-3-5-7-11-23-34(24-12-8-6-4-2)32-19-18-29(30-14-9-10-15-31(30)32)17-16-28-20-25-33(26-21-28)22-13-27-38(35,36)37/h9-10,14-21,25-26H,3-8,11-13,22-24,27H2,1-2H3/p+1. The van der Waals surface area contributed by atoms with Crippen LogP contribution in [0.4, 0.5) is 5.69 Å². The zero-order chi connectivity index (χ0) is 27.2. The summed E-state index contributed by atoms with van der Waals surface area (Å²) in [6.45, 7) is 7.30. The highest BCUT2D eigenvalue weighted by Crippen LogP contribution is 2.31. The van der Waals surface area contributed by atoms with Crippen LogP contribution in [0, 0.1) is 0 Å². The number of unbranched alkanes of at least 4 members (excludes halogenated alkanes) is 6. The van der Waals surface area contributed by atoms with Crippen LogP contribution < -0.4 is 9.47 Å². The lowest BCUT2D eigenvalue weighted by Crippen LogP contribution is -2.33. The smallest absolute Gasteiger partial charge is 0.265 e. The summed E-state index contributed by atoms with van der Waals surface area (Å²) in [4.78, 5) is 2.61. The average Bonchev–Trinajstić information content (AvgIpc) is 2.91. The molecule has 0 amide bonds. The largest absolute Gasteiger partial charge is 0.371 e. The molecular weight excluding hydrogens is 492 g/mol. The van der Waals surface area contributed by atoms with Crippen LogP contribution in [0.5, 0.6) is 0 Å². The molecule has 2 aromatic carbocycles. The number of aromatic nitrogens is 1. The summed E-state index contributed by atoms with van der Waals surface area (Å²) >= 11 is 0. The molecule has 38 heavy (non-hydrogen) atoms. The molecule has 0 atom stereocenters. The van der Waals surface area contributed by atoms with E-state index in [-0.39, 0.29) is 5.75 Å². The van der Waals surface area contributed by atoms with Crippen molar-refractivity contribution >= 4 is 38.7 Å². The molecule has 0 saturated heterocycles. The number of fused-ring (bicyclic) bond motifs is 1. The Morgan fingerprint density at radius 2 is 1.39 bits per heavy atom. The fraction of sp³-hybridized carbons (Fsp3) is 0.469. The van der Waals surface area contributed by atoms with Gasteiger partial charge in [-0.25, -0.2) is 4.57 Å². The Bertz CT molecular complexity index is 1240. The first-order chi connectivity index (χ1) is 18.4. The van der Waals surface area contributed by atoms with E-state index < -0.39 is 10.1 Å². The molecule has 0 fully saturated rings. The first kappa shape index (κ1) is 29.9. The Morgan fingerprint density at radius 3 is 2.00 bits per heavy atom. The van der Waals surface area contributed by atoms with Gasteiger partial charge in [0, 0.05) is 42.7 Å². The van der Waals surface area contributed by atoms with Crippen LogP contribution in [-0.4, -0.2) is 31.8 Å². The van der Waals surface area contributed by atoms with E-state index in [1.165, 1.54) is 73.4 Å². The van der Waals surface area contributed by atoms with Gasteiger partial charge in [0.05, 0.1) is 5.75 Å². The van der Waals surface area contributed by atoms with Gasteiger partial charge in [0.1, 0.15) is 6.54 Å². The lowest BCUT2D eigenvalue weighted by atomic mass is 10.0. The van der Waals surface area contributed by atoms with Gasteiger partial charge in [0.25, 0.3) is 10.1 Å². The molecule has 0 aliphatic carbocycles. The zero-order valence-corrected chi connectivity index (χ0v) is 24.0. The maximum Gasteiger partial charge on any atom is 0.265 e. The van der Waals surface area contributed by atoms with Crippen LogP contribution in [0.3, 0.4) is 0 Å². The first-order valence-electron chi connectivity index (χ1n) is 14.3. The molecule has 0 unspecified atom stereocenters. The molecule has 1 aromatic heterocycles. The molecule has 206 valence electrons. The van der Waals surface area contributed by atoms with Crippen molar-refractivity contribution in [2.75, 3.05) is 23.7 Å². The van der Waals surface area contributed by atoms with Gasteiger partial charge in [-0.1, -0.05) is 94.9 Å². The van der Waals surface area contributed by atoms with Crippen LogP contribution in [0.15, 0.2) is 60.9 Å². The van der Waals surface area contributed by atoms with E-state index in [1.54, 1.807) is 0 Å². The molecule has 3 aromatic rings. The van der Waals surface area contributed by atoms with Crippen molar-refractivity contribution in [1.82, 2.24) is 0 Å². The summed E-state index contributed by atoms with van der Waals surface area (Å²) in [6, 6.07) is 17.3. The number of nitrogens with zero attached hydrogens (tertiary/aromatic N) is 2. The molecule has 0 bridgehead atoms. The Labute approximate surface area is 230 Å². The lowest BCUT2D eigenvalue weighted by Gasteiger charge is -2.27. The lowest BCUT2D eigenvalue weighted by molar-refractivity contribution is -0.696. The Morgan fingerprint density at radius 1 is 0.763 bits per heavy atom. The number of rotatable bonds is 17. The second-order valence-electron chi connectivity index (χ2n) is 10.2. The van der Waals surface area contributed by atoms with Crippen molar-refractivity contribution < 1.29 is 17.5 Å². The molecule has 0 radical (unpaired) electrons. The first-order valence-corrected chi connectivity index (χ1v) is 15.9. The molecule has 5 nitrogen and oxygen atoms in total. The Hall–Kier alpha value is -2.70. The minimum Gasteiger partial charge on any atom is -0.371 e. The molecular formula is C32H45N2O3S+. The third kappa shape index (κ3) is 9.88. The van der Waals surface area contributed by atoms with Gasteiger partial charge in [-0.15, -0.1) is 0 Å². The molecule has 6 heteroatoms. The average molecular weight is 538 g/mol. The normalized spacial score (nSPS) is 12.0. The topological polar surface area (TPSA) is 61.5 Å². The van der Waals surface area contributed by atoms with E-state index >= 15 is 0 Å². The van der Waals surface area contributed by atoms with E-state index in [0.29, 0.717) is 13.0 Å². The van der Waals surface area contributed by atoms with Crippen molar-refractivity contribution in [3.05, 3.63) is 72.1 Å². The summed E-state index contributed by atoms with van der Waals surface area (Å²) in [7, 11) is -3.91. The number of benzene rings is 2. The summed E-state index contributed by atoms with van der Waals surface area (Å²) < 4.78 is 32.7. The van der Waals surface area contributed by atoms with Crippen LogP contribution in [0.25, 0.3) is 22.9 Å². The predicted molar refractivity (Wildman–Crippen MR) is 161 cm³/mol. The van der Waals surface area contributed by atoms with Crippen LogP contribution >= 0.6 is 0 Å². The summed E-state index contributed by atoms with van der Waals surface area (Å²) in [5.74, 6) is -0.223. The number of hydrogen-bond acceptors (Lipinski definition) is 3. The minimum absolute atomic E-state index is 0.223. The zero-order valence-electron chi connectivity index (χ0n) is 23.2. The number of anilines is 1. The Kier molecular flexibility index (Phi) is 12.3. The number of hydrogen-bond donors (Lipinski definition) is 1. The van der Waals surface area contributed by atoms with Crippen molar-refractivity contribution in [1.29, 1.82) is 0 Å². The number of pyridine rings is 1. The Balaban J connectivity index is 1.76. The van der Waals surface area contributed by atoms with Gasteiger partial charge in [-0.2, -0.15) is 8.42 Å². The van der Waals surface area contributed by atoms with Crippen LogP contribution in [0.1, 0.15) is 82.8 Å². The minimum atomic E-state index is -3.91. The summed E-state index contributed by atoms with van der Waals surface area (Å²) in [6.07, 6.45) is 18.8. The SMILES string of the molecule is CCCCCCN(CCCCCC)c1ccc(/C=C/c2cc[n+](CCCS(=O)(=O)O)cc2)c2ccccc12.